The number of hydrogen-bond donors (Lipinski definition) is 2. The van der Waals surface area contributed by atoms with Gasteiger partial charge in [0, 0.05) is 17.5 Å². The molecular weight excluding hydrogens is 300 g/mol. The number of aromatic amines is 1. The maximum absolute atomic E-state index is 11.7. The second kappa shape index (κ2) is 7.79. The highest BCUT2D eigenvalue weighted by Crippen LogP contribution is 2.21. The monoisotopic (exact) mass is 318 g/mol. The maximum atomic E-state index is 11.7. The zero-order valence-electron chi connectivity index (χ0n) is 12.3. The first-order valence-electron chi connectivity index (χ1n) is 7.14. The van der Waals surface area contributed by atoms with Crippen molar-refractivity contribution in [3.05, 3.63) is 57.5 Å². The van der Waals surface area contributed by atoms with E-state index in [9.17, 15) is 9.59 Å². The molecule has 2 aromatic rings. The molecule has 0 amide bonds. The van der Waals surface area contributed by atoms with Crippen molar-refractivity contribution in [3.8, 4) is 0 Å². The molecule has 0 atom stereocenters. The Labute approximate surface area is 132 Å². The second-order valence-electron chi connectivity index (χ2n) is 4.90. The van der Waals surface area contributed by atoms with Crippen LogP contribution >= 0.6 is 11.8 Å². The number of aryl methyl sites for hydroxylation is 1. The lowest BCUT2D eigenvalue weighted by atomic mass is 10.1. The highest BCUT2D eigenvalue weighted by Gasteiger charge is 2.10. The number of benzene rings is 1. The molecule has 0 fully saturated rings. The van der Waals surface area contributed by atoms with Gasteiger partial charge in [-0.2, -0.15) is 0 Å². The first-order chi connectivity index (χ1) is 10.6. The average Bonchev–Trinajstić information content (AvgIpc) is 2.50. The van der Waals surface area contributed by atoms with Gasteiger partial charge in [0.25, 0.3) is 5.56 Å². The summed E-state index contributed by atoms with van der Waals surface area (Å²) in [6.45, 7) is 2.09. The summed E-state index contributed by atoms with van der Waals surface area (Å²) in [4.78, 5) is 29.9. The molecule has 22 heavy (non-hydrogen) atoms. The molecule has 0 aliphatic carbocycles. The molecule has 1 aromatic heterocycles. The molecule has 0 saturated carbocycles. The Balaban J connectivity index is 2.13. The Morgan fingerprint density at radius 3 is 2.86 bits per heavy atom. The van der Waals surface area contributed by atoms with Gasteiger partial charge in [-0.25, -0.2) is 9.78 Å². The van der Waals surface area contributed by atoms with Crippen LogP contribution in [0.25, 0.3) is 0 Å². The summed E-state index contributed by atoms with van der Waals surface area (Å²) in [6, 6.07) is 8.37. The topological polar surface area (TPSA) is 83.0 Å². The van der Waals surface area contributed by atoms with E-state index >= 15 is 0 Å². The van der Waals surface area contributed by atoms with Crippen molar-refractivity contribution in [2.75, 3.05) is 0 Å². The highest BCUT2D eigenvalue weighted by molar-refractivity contribution is 7.98. The summed E-state index contributed by atoms with van der Waals surface area (Å²) >= 11 is 1.34. The standard InChI is InChI=1S/C16H18N2O3S/c1-2-3-7-12-9-14(19)18-16(17-12)22-10-11-6-4-5-8-13(11)15(20)21/h4-6,8-9H,2-3,7,10H2,1H3,(H,20,21)(H,17,18,19). The predicted molar refractivity (Wildman–Crippen MR) is 86.4 cm³/mol. The Morgan fingerprint density at radius 1 is 1.36 bits per heavy atom. The number of unbranched alkanes of at least 4 members (excludes halogenated alkanes) is 1. The third-order valence-electron chi connectivity index (χ3n) is 3.17. The predicted octanol–water partition coefficient (Wildman–Crippen LogP) is 3.10. The first kappa shape index (κ1) is 16.3. The summed E-state index contributed by atoms with van der Waals surface area (Å²) in [5.41, 5.74) is 1.59. The van der Waals surface area contributed by atoms with Crippen LogP contribution in [0, 0.1) is 0 Å². The quantitative estimate of drug-likeness (QED) is 0.605. The van der Waals surface area contributed by atoms with Gasteiger partial charge in [0.15, 0.2) is 5.16 Å². The Hall–Kier alpha value is -2.08. The molecular formula is C16H18N2O3S. The number of hydrogen-bond acceptors (Lipinski definition) is 4. The lowest BCUT2D eigenvalue weighted by molar-refractivity contribution is 0.0696. The van der Waals surface area contributed by atoms with E-state index in [-0.39, 0.29) is 11.1 Å². The normalized spacial score (nSPS) is 10.6. The van der Waals surface area contributed by atoms with E-state index in [2.05, 4.69) is 16.9 Å². The Morgan fingerprint density at radius 2 is 2.14 bits per heavy atom. The molecule has 116 valence electrons. The van der Waals surface area contributed by atoms with E-state index in [1.807, 2.05) is 0 Å². The largest absolute Gasteiger partial charge is 0.478 e. The van der Waals surface area contributed by atoms with Gasteiger partial charge in [0.1, 0.15) is 0 Å². The van der Waals surface area contributed by atoms with Crippen LogP contribution in [0.4, 0.5) is 0 Å². The van der Waals surface area contributed by atoms with Gasteiger partial charge in [0.2, 0.25) is 0 Å². The fourth-order valence-electron chi connectivity index (χ4n) is 2.04. The van der Waals surface area contributed by atoms with Gasteiger partial charge in [-0.3, -0.25) is 4.79 Å². The molecule has 0 bridgehead atoms. The number of aromatic nitrogens is 2. The van der Waals surface area contributed by atoms with Gasteiger partial charge in [-0.1, -0.05) is 43.3 Å². The number of nitrogens with zero attached hydrogens (tertiary/aromatic N) is 1. The number of carboxylic acid groups (broad SMARTS) is 1. The average molecular weight is 318 g/mol. The van der Waals surface area contributed by atoms with Crippen LogP contribution in [0.3, 0.4) is 0 Å². The van der Waals surface area contributed by atoms with Crippen LogP contribution in [0.5, 0.6) is 0 Å². The van der Waals surface area contributed by atoms with E-state index in [0.29, 0.717) is 16.5 Å². The number of aromatic carboxylic acids is 1. The minimum atomic E-state index is -0.950. The zero-order chi connectivity index (χ0) is 15.9. The van der Waals surface area contributed by atoms with Gasteiger partial charge in [-0.15, -0.1) is 0 Å². The molecule has 0 aliphatic rings. The molecule has 1 heterocycles. The molecule has 5 nitrogen and oxygen atoms in total. The summed E-state index contributed by atoms with van der Waals surface area (Å²) in [5.74, 6) is -0.503. The molecule has 2 rings (SSSR count). The van der Waals surface area contributed by atoms with Crippen LogP contribution in [0.15, 0.2) is 40.3 Å². The van der Waals surface area contributed by atoms with Crippen molar-refractivity contribution in [2.24, 2.45) is 0 Å². The Kier molecular flexibility index (Phi) is 5.77. The van der Waals surface area contributed by atoms with Crippen molar-refractivity contribution in [2.45, 2.75) is 37.1 Å². The summed E-state index contributed by atoms with van der Waals surface area (Å²) in [5, 5.41) is 9.69. The number of carboxylic acids is 1. The molecule has 0 radical (unpaired) electrons. The maximum Gasteiger partial charge on any atom is 0.335 e. The minimum absolute atomic E-state index is 0.171. The first-order valence-corrected chi connectivity index (χ1v) is 8.13. The van der Waals surface area contributed by atoms with Gasteiger partial charge in [-0.05, 0) is 24.5 Å². The number of thioether (sulfide) groups is 1. The van der Waals surface area contributed by atoms with E-state index in [1.165, 1.54) is 17.8 Å². The fourth-order valence-corrected chi connectivity index (χ4v) is 2.94. The fraction of sp³-hybridized carbons (Fsp3) is 0.312. The van der Waals surface area contributed by atoms with Crippen LogP contribution in [0.1, 0.15) is 41.4 Å². The van der Waals surface area contributed by atoms with Crippen molar-refractivity contribution < 1.29 is 9.90 Å². The van der Waals surface area contributed by atoms with E-state index in [0.717, 1.165) is 25.0 Å². The van der Waals surface area contributed by atoms with Crippen LogP contribution in [-0.2, 0) is 12.2 Å². The number of H-pyrrole nitrogens is 1. The second-order valence-corrected chi connectivity index (χ2v) is 5.86. The number of rotatable bonds is 7. The number of carbonyl (C=O) groups is 1. The summed E-state index contributed by atoms with van der Waals surface area (Å²) in [6.07, 6.45) is 2.81. The van der Waals surface area contributed by atoms with E-state index in [4.69, 9.17) is 5.11 Å². The van der Waals surface area contributed by atoms with Crippen molar-refractivity contribution >= 4 is 17.7 Å². The molecule has 0 saturated heterocycles. The molecule has 0 unspecified atom stereocenters. The molecule has 1 aromatic carbocycles. The van der Waals surface area contributed by atoms with Crippen molar-refractivity contribution in [1.82, 2.24) is 9.97 Å². The smallest absolute Gasteiger partial charge is 0.335 e. The summed E-state index contributed by atoms with van der Waals surface area (Å²) in [7, 11) is 0. The van der Waals surface area contributed by atoms with Crippen LogP contribution in [0.2, 0.25) is 0 Å². The molecule has 0 spiro atoms. The number of nitrogens with one attached hydrogen (secondary N) is 1. The van der Waals surface area contributed by atoms with Crippen LogP contribution in [-0.4, -0.2) is 21.0 Å². The highest BCUT2D eigenvalue weighted by atomic mass is 32.2. The molecule has 6 heteroatoms. The molecule has 0 aliphatic heterocycles. The lowest BCUT2D eigenvalue weighted by Gasteiger charge is -2.06. The van der Waals surface area contributed by atoms with E-state index < -0.39 is 5.97 Å². The van der Waals surface area contributed by atoms with Crippen LogP contribution < -0.4 is 5.56 Å². The minimum Gasteiger partial charge on any atom is -0.478 e. The van der Waals surface area contributed by atoms with Gasteiger partial charge in [0.05, 0.1) is 5.56 Å². The van der Waals surface area contributed by atoms with Crippen molar-refractivity contribution in [1.29, 1.82) is 0 Å². The van der Waals surface area contributed by atoms with Gasteiger partial charge < -0.3 is 10.1 Å². The van der Waals surface area contributed by atoms with Gasteiger partial charge >= 0.3 is 5.97 Å². The third kappa shape index (κ3) is 4.46. The SMILES string of the molecule is CCCCc1cc(=O)[nH]c(SCc2ccccc2C(=O)O)n1. The third-order valence-corrected chi connectivity index (χ3v) is 4.09. The zero-order valence-corrected chi connectivity index (χ0v) is 13.2. The lowest BCUT2D eigenvalue weighted by Crippen LogP contribution is -2.10. The Bertz CT molecular complexity index is 713. The summed E-state index contributed by atoms with van der Waals surface area (Å²) < 4.78 is 0. The molecule has 2 N–H and O–H groups in total. The van der Waals surface area contributed by atoms with E-state index in [1.54, 1.807) is 24.3 Å². The van der Waals surface area contributed by atoms with Crippen molar-refractivity contribution in [3.63, 3.8) is 0 Å².